The molecule has 178 valence electrons. The molecule has 3 aromatic rings. The first-order valence-electron chi connectivity index (χ1n) is 11.3. The number of phenolic OH excluding ortho intramolecular Hbond substituents is 1. The maximum atomic E-state index is 14.7. The average Bonchev–Trinajstić information content (AvgIpc) is 2.78. The lowest BCUT2D eigenvalue weighted by Crippen LogP contribution is -2.13. The highest BCUT2D eigenvalue weighted by Gasteiger charge is 2.21. The summed E-state index contributed by atoms with van der Waals surface area (Å²) in [6, 6.07) is 17.3. The standard InChI is InChI=1S/C29H31FO4/c1-5-6-21(16-28(32)33)20-8-11-23(12-9-20)34-18-19-7-13-26(29(2,3)4)24(15-19)25-17-22(31)10-14-27(25)30/h5-15,17,21,31H,16,18H2,1-4H3,(H,32,33)/b6-5+/t21-/m1/s1. The molecule has 3 rings (SSSR count). The second kappa shape index (κ2) is 10.6. The normalized spacial score (nSPS) is 12.6. The van der Waals surface area contributed by atoms with Crippen LogP contribution in [0.2, 0.25) is 0 Å². The van der Waals surface area contributed by atoms with Gasteiger partial charge in [-0.1, -0.05) is 57.2 Å². The first-order chi connectivity index (χ1) is 16.1. The zero-order chi connectivity index (χ0) is 24.9. The number of halogens is 1. The number of hydrogen-bond acceptors (Lipinski definition) is 3. The van der Waals surface area contributed by atoms with Gasteiger partial charge in [-0.2, -0.15) is 0 Å². The third-order valence-corrected chi connectivity index (χ3v) is 5.67. The molecule has 2 N–H and O–H groups in total. The highest BCUT2D eigenvalue weighted by Crippen LogP contribution is 2.36. The van der Waals surface area contributed by atoms with E-state index in [1.807, 2.05) is 61.5 Å². The maximum absolute atomic E-state index is 14.7. The predicted molar refractivity (Wildman–Crippen MR) is 133 cm³/mol. The number of rotatable bonds is 8. The molecule has 0 fully saturated rings. The lowest BCUT2D eigenvalue weighted by molar-refractivity contribution is -0.137. The van der Waals surface area contributed by atoms with Crippen LogP contribution in [0, 0.1) is 5.82 Å². The van der Waals surface area contributed by atoms with Gasteiger partial charge in [0.1, 0.15) is 23.9 Å². The molecule has 0 radical (unpaired) electrons. The van der Waals surface area contributed by atoms with Gasteiger partial charge >= 0.3 is 5.97 Å². The molecule has 0 unspecified atom stereocenters. The average molecular weight is 463 g/mol. The molecule has 0 bridgehead atoms. The van der Waals surface area contributed by atoms with Crippen molar-refractivity contribution in [2.24, 2.45) is 0 Å². The zero-order valence-corrected chi connectivity index (χ0v) is 20.0. The van der Waals surface area contributed by atoms with E-state index in [1.54, 1.807) is 0 Å². The molecule has 0 aliphatic heterocycles. The fraction of sp³-hybridized carbons (Fsp3) is 0.276. The largest absolute Gasteiger partial charge is 0.508 e. The van der Waals surface area contributed by atoms with E-state index in [1.165, 1.54) is 18.2 Å². The van der Waals surface area contributed by atoms with Crippen LogP contribution in [0.15, 0.2) is 72.8 Å². The molecule has 0 aromatic heterocycles. The Morgan fingerprint density at radius 1 is 1.03 bits per heavy atom. The summed E-state index contributed by atoms with van der Waals surface area (Å²) in [5.74, 6) is -0.767. The number of phenols is 1. The van der Waals surface area contributed by atoms with Gasteiger partial charge in [-0.05, 0) is 71.0 Å². The molecule has 4 nitrogen and oxygen atoms in total. The minimum atomic E-state index is -0.846. The summed E-state index contributed by atoms with van der Waals surface area (Å²) >= 11 is 0. The van der Waals surface area contributed by atoms with Crippen molar-refractivity contribution < 1.29 is 24.1 Å². The number of allylic oxidation sites excluding steroid dienone is 2. The number of hydrogen-bond donors (Lipinski definition) is 2. The highest BCUT2D eigenvalue weighted by atomic mass is 19.1. The van der Waals surface area contributed by atoms with Crippen LogP contribution in [0.5, 0.6) is 11.5 Å². The van der Waals surface area contributed by atoms with Crippen molar-refractivity contribution in [1.82, 2.24) is 0 Å². The van der Waals surface area contributed by atoms with Crippen LogP contribution in [0.1, 0.15) is 56.7 Å². The van der Waals surface area contributed by atoms with Gasteiger partial charge in [0.05, 0.1) is 6.42 Å². The van der Waals surface area contributed by atoms with Crippen molar-refractivity contribution in [1.29, 1.82) is 0 Å². The topological polar surface area (TPSA) is 66.8 Å². The fourth-order valence-electron chi connectivity index (χ4n) is 3.97. The number of carbonyl (C=O) groups is 1. The molecule has 0 saturated heterocycles. The van der Waals surface area contributed by atoms with E-state index < -0.39 is 11.8 Å². The molecule has 34 heavy (non-hydrogen) atoms. The van der Waals surface area contributed by atoms with Crippen molar-refractivity contribution in [2.75, 3.05) is 0 Å². The van der Waals surface area contributed by atoms with Crippen LogP contribution in [-0.2, 0) is 16.8 Å². The summed E-state index contributed by atoms with van der Waals surface area (Å²) < 4.78 is 20.6. The summed E-state index contributed by atoms with van der Waals surface area (Å²) in [7, 11) is 0. The van der Waals surface area contributed by atoms with Crippen LogP contribution in [-0.4, -0.2) is 16.2 Å². The summed E-state index contributed by atoms with van der Waals surface area (Å²) in [5.41, 5.74) is 3.60. The molecule has 5 heteroatoms. The number of benzene rings is 3. The Bertz CT molecular complexity index is 1170. The number of carboxylic acids is 1. The zero-order valence-electron chi connectivity index (χ0n) is 20.0. The highest BCUT2D eigenvalue weighted by molar-refractivity contribution is 5.71. The Hall–Kier alpha value is -3.60. The molecule has 0 spiro atoms. The Morgan fingerprint density at radius 3 is 2.35 bits per heavy atom. The number of carboxylic acid groups (broad SMARTS) is 1. The van der Waals surface area contributed by atoms with Gasteiger partial charge in [0.25, 0.3) is 0 Å². The van der Waals surface area contributed by atoms with Crippen molar-refractivity contribution >= 4 is 5.97 Å². The van der Waals surface area contributed by atoms with Crippen molar-refractivity contribution in [2.45, 2.75) is 52.1 Å². The van der Waals surface area contributed by atoms with Crippen LogP contribution in [0.25, 0.3) is 11.1 Å². The number of aromatic hydroxyl groups is 1. The molecule has 0 aliphatic rings. The van der Waals surface area contributed by atoms with Crippen molar-refractivity contribution in [3.05, 3.63) is 95.3 Å². The predicted octanol–water partition coefficient (Wildman–Crippen LogP) is 7.21. The van der Waals surface area contributed by atoms with Crippen LogP contribution < -0.4 is 4.74 Å². The van der Waals surface area contributed by atoms with Gasteiger partial charge in [-0.15, -0.1) is 0 Å². The van der Waals surface area contributed by atoms with Gasteiger partial charge in [-0.3, -0.25) is 4.79 Å². The molecule has 0 saturated carbocycles. The molecule has 3 aromatic carbocycles. The van der Waals surface area contributed by atoms with E-state index in [4.69, 9.17) is 9.84 Å². The van der Waals surface area contributed by atoms with Crippen molar-refractivity contribution in [3.8, 4) is 22.6 Å². The molecule has 0 aliphatic carbocycles. The smallest absolute Gasteiger partial charge is 0.304 e. The Balaban J connectivity index is 1.84. The quantitative estimate of drug-likeness (QED) is 0.347. The third-order valence-electron chi connectivity index (χ3n) is 5.67. The van der Waals surface area contributed by atoms with Gasteiger partial charge in [0.15, 0.2) is 0 Å². The van der Waals surface area contributed by atoms with Crippen LogP contribution in [0.4, 0.5) is 4.39 Å². The van der Waals surface area contributed by atoms with Crippen LogP contribution >= 0.6 is 0 Å². The summed E-state index contributed by atoms with van der Waals surface area (Å²) in [6.45, 7) is 8.35. The lowest BCUT2D eigenvalue weighted by atomic mass is 9.81. The summed E-state index contributed by atoms with van der Waals surface area (Å²) in [5, 5.41) is 19.1. The van der Waals surface area contributed by atoms with E-state index in [0.717, 1.165) is 22.3 Å². The van der Waals surface area contributed by atoms with E-state index in [-0.39, 0.29) is 30.1 Å². The lowest BCUT2D eigenvalue weighted by Gasteiger charge is -2.24. The minimum absolute atomic E-state index is 0.0112. The third kappa shape index (κ3) is 6.25. The second-order valence-electron chi connectivity index (χ2n) is 9.38. The van der Waals surface area contributed by atoms with E-state index >= 15 is 0 Å². The Kier molecular flexibility index (Phi) is 7.77. The number of ether oxygens (including phenoxy) is 1. The SMILES string of the molecule is C/C=C/[C@H](CC(=O)O)c1ccc(OCc2ccc(C(C)(C)C)c(-c3cc(O)ccc3F)c2)cc1. The number of aliphatic carboxylic acids is 1. The van der Waals surface area contributed by atoms with E-state index in [0.29, 0.717) is 11.3 Å². The first-order valence-corrected chi connectivity index (χ1v) is 11.3. The molecule has 0 heterocycles. The molecular weight excluding hydrogens is 431 g/mol. The fourth-order valence-corrected chi connectivity index (χ4v) is 3.97. The maximum Gasteiger partial charge on any atom is 0.304 e. The Morgan fingerprint density at radius 2 is 1.74 bits per heavy atom. The van der Waals surface area contributed by atoms with Gasteiger partial charge in [0, 0.05) is 11.5 Å². The summed E-state index contributed by atoms with van der Waals surface area (Å²) in [4.78, 5) is 11.1. The molecule has 0 amide bonds. The molecule has 1 atom stereocenters. The minimum Gasteiger partial charge on any atom is -0.508 e. The van der Waals surface area contributed by atoms with Gasteiger partial charge < -0.3 is 14.9 Å². The first kappa shape index (κ1) is 25.0. The second-order valence-corrected chi connectivity index (χ2v) is 9.38. The van der Waals surface area contributed by atoms with Gasteiger partial charge in [0.2, 0.25) is 0 Å². The van der Waals surface area contributed by atoms with E-state index in [2.05, 4.69) is 20.8 Å². The monoisotopic (exact) mass is 462 g/mol. The van der Waals surface area contributed by atoms with Crippen LogP contribution in [0.3, 0.4) is 0 Å². The van der Waals surface area contributed by atoms with Gasteiger partial charge in [-0.25, -0.2) is 4.39 Å². The molecular formula is C29H31FO4. The Labute approximate surface area is 200 Å². The summed E-state index contributed by atoms with van der Waals surface area (Å²) in [6.07, 6.45) is 3.76. The van der Waals surface area contributed by atoms with E-state index in [9.17, 15) is 14.3 Å². The van der Waals surface area contributed by atoms with Crippen molar-refractivity contribution in [3.63, 3.8) is 0 Å².